The molecule has 2 saturated heterocycles. The molecule has 4 nitrogen and oxygen atoms in total. The van der Waals surface area contributed by atoms with Gasteiger partial charge in [0.15, 0.2) is 0 Å². The zero-order valence-electron chi connectivity index (χ0n) is 15.3. The van der Waals surface area contributed by atoms with Crippen LogP contribution in [-0.4, -0.2) is 60.5 Å². The maximum absolute atomic E-state index is 12.3. The Labute approximate surface area is 142 Å². The smallest absolute Gasteiger partial charge is 0.224 e. The van der Waals surface area contributed by atoms with Crippen LogP contribution in [0.15, 0.2) is 0 Å². The van der Waals surface area contributed by atoms with Crippen LogP contribution in [0.1, 0.15) is 59.3 Å². The van der Waals surface area contributed by atoms with Crippen LogP contribution in [0.3, 0.4) is 0 Å². The summed E-state index contributed by atoms with van der Waals surface area (Å²) < 4.78 is 0. The third-order valence-corrected chi connectivity index (χ3v) is 5.52. The molecule has 1 N–H and O–H groups in total. The maximum Gasteiger partial charge on any atom is 0.224 e. The van der Waals surface area contributed by atoms with E-state index in [1.807, 2.05) is 0 Å². The van der Waals surface area contributed by atoms with E-state index in [0.29, 0.717) is 23.4 Å². The van der Waals surface area contributed by atoms with E-state index in [9.17, 15) is 4.79 Å². The Bertz CT molecular complexity index is 405. The number of carbonyl (C=O) groups is 1. The minimum Gasteiger partial charge on any atom is -0.353 e. The van der Waals surface area contributed by atoms with E-state index >= 15 is 0 Å². The zero-order valence-corrected chi connectivity index (χ0v) is 15.3. The second-order valence-electron chi connectivity index (χ2n) is 9.18. The molecule has 23 heavy (non-hydrogen) atoms. The van der Waals surface area contributed by atoms with Crippen LogP contribution in [0.4, 0.5) is 0 Å². The van der Waals surface area contributed by atoms with Gasteiger partial charge >= 0.3 is 0 Å². The van der Waals surface area contributed by atoms with Crippen LogP contribution in [-0.2, 0) is 4.79 Å². The normalized spacial score (nSPS) is 28.7. The summed E-state index contributed by atoms with van der Waals surface area (Å²) in [6, 6.07) is 1.20. The van der Waals surface area contributed by atoms with Gasteiger partial charge in [-0.2, -0.15) is 0 Å². The van der Waals surface area contributed by atoms with Gasteiger partial charge in [0.25, 0.3) is 0 Å². The van der Waals surface area contributed by atoms with Crippen molar-refractivity contribution >= 4 is 5.91 Å². The Morgan fingerprint density at radius 1 is 1.04 bits per heavy atom. The van der Waals surface area contributed by atoms with Crippen LogP contribution >= 0.6 is 0 Å². The monoisotopic (exact) mass is 321 g/mol. The van der Waals surface area contributed by atoms with Crippen molar-refractivity contribution in [1.82, 2.24) is 15.1 Å². The molecule has 4 heteroatoms. The first-order valence-corrected chi connectivity index (χ1v) is 9.67. The van der Waals surface area contributed by atoms with E-state index < -0.39 is 0 Å². The number of piperidine rings is 2. The predicted molar refractivity (Wildman–Crippen MR) is 94.4 cm³/mol. The van der Waals surface area contributed by atoms with E-state index in [-0.39, 0.29) is 5.92 Å². The van der Waals surface area contributed by atoms with Gasteiger partial charge in [-0.1, -0.05) is 20.8 Å². The average Bonchev–Trinajstić information content (AvgIpc) is 3.30. The van der Waals surface area contributed by atoms with Crippen LogP contribution < -0.4 is 5.32 Å². The third kappa shape index (κ3) is 5.18. The van der Waals surface area contributed by atoms with Crippen molar-refractivity contribution in [2.75, 3.05) is 32.7 Å². The minimum absolute atomic E-state index is 0.233. The summed E-state index contributed by atoms with van der Waals surface area (Å²) in [5.74, 6) is 0.555. The van der Waals surface area contributed by atoms with Crippen LogP contribution in [0.25, 0.3) is 0 Å². The van der Waals surface area contributed by atoms with Gasteiger partial charge < -0.3 is 10.2 Å². The Balaban J connectivity index is 1.45. The predicted octanol–water partition coefficient (Wildman–Crippen LogP) is 2.49. The fourth-order valence-electron chi connectivity index (χ4n) is 4.21. The molecule has 0 unspecified atom stereocenters. The van der Waals surface area contributed by atoms with Crippen molar-refractivity contribution in [3.8, 4) is 0 Å². The molecule has 0 bridgehead atoms. The van der Waals surface area contributed by atoms with E-state index in [4.69, 9.17) is 0 Å². The zero-order chi connectivity index (χ0) is 16.4. The quantitative estimate of drug-likeness (QED) is 0.864. The highest BCUT2D eigenvalue weighted by molar-refractivity contribution is 5.79. The molecule has 132 valence electrons. The molecule has 1 saturated carbocycles. The lowest BCUT2D eigenvalue weighted by molar-refractivity contribution is -0.127. The first-order valence-electron chi connectivity index (χ1n) is 9.67. The molecule has 0 aromatic rings. The van der Waals surface area contributed by atoms with E-state index in [1.165, 1.54) is 58.3 Å². The van der Waals surface area contributed by atoms with Crippen molar-refractivity contribution in [3.63, 3.8) is 0 Å². The Morgan fingerprint density at radius 3 is 2.35 bits per heavy atom. The number of hydrogen-bond donors (Lipinski definition) is 1. The molecule has 0 aromatic heterocycles. The molecule has 2 heterocycles. The third-order valence-electron chi connectivity index (χ3n) is 5.52. The molecule has 3 rings (SSSR count). The molecule has 0 spiro atoms. The molecular weight excluding hydrogens is 286 g/mol. The van der Waals surface area contributed by atoms with Gasteiger partial charge in [-0.15, -0.1) is 0 Å². The first kappa shape index (κ1) is 17.2. The van der Waals surface area contributed by atoms with Crippen LogP contribution in [0.5, 0.6) is 0 Å². The molecule has 3 aliphatic rings. The summed E-state index contributed by atoms with van der Waals surface area (Å²) >= 11 is 0. The van der Waals surface area contributed by atoms with Crippen molar-refractivity contribution < 1.29 is 4.79 Å². The summed E-state index contributed by atoms with van der Waals surface area (Å²) in [6.45, 7) is 12.8. The molecule has 1 amide bonds. The van der Waals surface area contributed by atoms with Gasteiger partial charge in [-0.3, -0.25) is 9.69 Å². The summed E-state index contributed by atoms with van der Waals surface area (Å²) in [4.78, 5) is 17.6. The molecule has 3 fully saturated rings. The second-order valence-corrected chi connectivity index (χ2v) is 9.18. The molecule has 0 aromatic carbocycles. The highest BCUT2D eigenvalue weighted by Gasteiger charge is 2.34. The first-order chi connectivity index (χ1) is 10.9. The number of rotatable bonds is 4. The van der Waals surface area contributed by atoms with E-state index in [1.54, 1.807) is 0 Å². The van der Waals surface area contributed by atoms with Gasteiger partial charge in [0.2, 0.25) is 5.91 Å². The Hall–Kier alpha value is -0.610. The molecule has 1 aliphatic carbocycles. The standard InChI is InChI=1S/C19H35N3O/c1-19(2,3)14-21-11-8-17(9-12-21)22-10-4-5-15(13-22)18(23)20-16-6-7-16/h15-17H,4-14H2,1-3H3,(H,20,23)/t15-/m0/s1. The van der Waals surface area contributed by atoms with Crippen LogP contribution in [0.2, 0.25) is 0 Å². The lowest BCUT2D eigenvalue weighted by Crippen LogP contribution is -2.51. The fourth-order valence-corrected chi connectivity index (χ4v) is 4.21. The summed E-state index contributed by atoms with van der Waals surface area (Å²) in [7, 11) is 0. The fraction of sp³-hybridized carbons (Fsp3) is 0.947. The van der Waals surface area contributed by atoms with Gasteiger partial charge in [0.1, 0.15) is 0 Å². The number of nitrogens with one attached hydrogen (secondary N) is 1. The minimum atomic E-state index is 0.233. The van der Waals surface area contributed by atoms with Crippen molar-refractivity contribution in [1.29, 1.82) is 0 Å². The maximum atomic E-state index is 12.3. The van der Waals surface area contributed by atoms with Crippen molar-refractivity contribution in [3.05, 3.63) is 0 Å². The summed E-state index contributed by atoms with van der Waals surface area (Å²) in [5.41, 5.74) is 0.393. The lowest BCUT2D eigenvalue weighted by Gasteiger charge is -2.43. The number of carbonyl (C=O) groups excluding carboxylic acids is 1. The summed E-state index contributed by atoms with van der Waals surface area (Å²) in [6.07, 6.45) is 7.19. The summed E-state index contributed by atoms with van der Waals surface area (Å²) in [5, 5.41) is 3.21. The highest BCUT2D eigenvalue weighted by atomic mass is 16.2. The molecule has 2 aliphatic heterocycles. The van der Waals surface area contributed by atoms with Gasteiger partial charge in [0.05, 0.1) is 5.92 Å². The Kier molecular flexibility index (Phi) is 5.32. The Morgan fingerprint density at radius 2 is 1.74 bits per heavy atom. The highest BCUT2D eigenvalue weighted by Crippen LogP contribution is 2.27. The van der Waals surface area contributed by atoms with Crippen LogP contribution in [0, 0.1) is 11.3 Å². The number of likely N-dealkylation sites (tertiary alicyclic amines) is 2. The molecular formula is C19H35N3O. The SMILES string of the molecule is CC(C)(C)CN1CCC(N2CCC[C@H](C(=O)NC3CC3)C2)CC1. The van der Waals surface area contributed by atoms with E-state index in [0.717, 1.165) is 13.0 Å². The van der Waals surface area contributed by atoms with Gasteiger partial charge in [-0.05, 0) is 63.6 Å². The molecule has 1 atom stereocenters. The number of nitrogens with zero attached hydrogens (tertiary/aromatic N) is 2. The van der Waals surface area contributed by atoms with Gasteiger partial charge in [0, 0.05) is 25.2 Å². The average molecular weight is 322 g/mol. The second kappa shape index (κ2) is 7.10. The topological polar surface area (TPSA) is 35.6 Å². The van der Waals surface area contributed by atoms with E-state index in [2.05, 4.69) is 35.9 Å². The largest absolute Gasteiger partial charge is 0.353 e. The van der Waals surface area contributed by atoms with Crippen molar-refractivity contribution in [2.24, 2.45) is 11.3 Å². The van der Waals surface area contributed by atoms with Gasteiger partial charge in [-0.25, -0.2) is 0 Å². The number of hydrogen-bond acceptors (Lipinski definition) is 3. The lowest BCUT2D eigenvalue weighted by atomic mass is 9.91. The number of amides is 1. The molecule has 0 radical (unpaired) electrons. The van der Waals surface area contributed by atoms with Crippen molar-refractivity contribution in [2.45, 2.75) is 71.4 Å².